The van der Waals surface area contributed by atoms with Gasteiger partial charge in [-0.1, -0.05) is 30.3 Å². The van der Waals surface area contributed by atoms with Gasteiger partial charge in [-0.25, -0.2) is 4.98 Å². The molecule has 0 N–H and O–H groups in total. The van der Waals surface area contributed by atoms with Gasteiger partial charge in [-0.2, -0.15) is 0 Å². The van der Waals surface area contributed by atoms with Crippen molar-refractivity contribution in [3.8, 4) is 5.75 Å². The van der Waals surface area contributed by atoms with Gasteiger partial charge < -0.3 is 4.74 Å². The molecule has 4 heteroatoms. The van der Waals surface area contributed by atoms with Crippen LogP contribution in [-0.4, -0.2) is 30.1 Å². The summed E-state index contributed by atoms with van der Waals surface area (Å²) in [4.78, 5) is 6.89. The maximum atomic E-state index is 5.71. The van der Waals surface area contributed by atoms with E-state index in [1.165, 1.54) is 4.70 Å². The molecule has 0 saturated heterocycles. The van der Waals surface area contributed by atoms with Gasteiger partial charge in [-0.05, 0) is 31.3 Å². The van der Waals surface area contributed by atoms with Gasteiger partial charge in [-0.3, -0.25) is 4.90 Å². The van der Waals surface area contributed by atoms with Crippen molar-refractivity contribution in [2.45, 2.75) is 6.54 Å². The van der Waals surface area contributed by atoms with Crippen molar-refractivity contribution in [2.24, 2.45) is 0 Å². The molecular weight excluding hydrogens is 280 g/mol. The van der Waals surface area contributed by atoms with Crippen LogP contribution >= 0.6 is 11.3 Å². The minimum atomic E-state index is 0.686. The molecule has 3 rings (SSSR count). The number of para-hydroxylation sites is 2. The number of fused-ring (bicyclic) bond motifs is 1. The number of aromatic nitrogens is 1. The van der Waals surface area contributed by atoms with Crippen LogP contribution in [0, 0.1) is 0 Å². The molecule has 0 amide bonds. The molecule has 1 aromatic heterocycles. The third-order valence-electron chi connectivity index (χ3n) is 3.23. The van der Waals surface area contributed by atoms with Gasteiger partial charge in [0.25, 0.3) is 0 Å². The topological polar surface area (TPSA) is 25.4 Å². The molecule has 0 bridgehead atoms. The molecule has 0 saturated carbocycles. The number of rotatable bonds is 6. The smallest absolute Gasteiger partial charge is 0.119 e. The maximum Gasteiger partial charge on any atom is 0.119 e. The normalized spacial score (nSPS) is 11.1. The Labute approximate surface area is 128 Å². The molecule has 21 heavy (non-hydrogen) atoms. The zero-order valence-corrected chi connectivity index (χ0v) is 12.8. The summed E-state index contributed by atoms with van der Waals surface area (Å²) in [5.74, 6) is 0.922. The summed E-state index contributed by atoms with van der Waals surface area (Å²) in [5, 5.41) is 1.15. The predicted octanol–water partition coefficient (Wildman–Crippen LogP) is 3.81. The fourth-order valence-corrected chi connectivity index (χ4v) is 3.18. The minimum Gasteiger partial charge on any atom is -0.492 e. The summed E-state index contributed by atoms with van der Waals surface area (Å²) in [6.07, 6.45) is 0. The SMILES string of the molecule is CN(CCOc1ccccc1)Cc1nc2ccccc2s1. The van der Waals surface area contributed by atoms with Gasteiger partial charge in [0.1, 0.15) is 17.4 Å². The highest BCUT2D eigenvalue weighted by molar-refractivity contribution is 7.18. The second-order valence-corrected chi connectivity index (χ2v) is 6.09. The largest absolute Gasteiger partial charge is 0.492 e. The maximum absolute atomic E-state index is 5.71. The second kappa shape index (κ2) is 6.70. The van der Waals surface area contributed by atoms with E-state index in [0.29, 0.717) is 6.61 Å². The zero-order chi connectivity index (χ0) is 14.5. The Morgan fingerprint density at radius 2 is 1.81 bits per heavy atom. The first-order valence-corrected chi connectivity index (χ1v) is 7.84. The summed E-state index contributed by atoms with van der Waals surface area (Å²) < 4.78 is 6.97. The van der Waals surface area contributed by atoms with E-state index < -0.39 is 0 Å². The van der Waals surface area contributed by atoms with Gasteiger partial charge >= 0.3 is 0 Å². The Bertz CT molecular complexity index is 663. The fraction of sp³-hybridized carbons (Fsp3) is 0.235. The third kappa shape index (κ3) is 3.80. The number of hydrogen-bond donors (Lipinski definition) is 0. The van der Waals surface area contributed by atoms with Crippen molar-refractivity contribution in [3.05, 3.63) is 59.6 Å². The lowest BCUT2D eigenvalue weighted by Crippen LogP contribution is -2.23. The van der Waals surface area contributed by atoms with Crippen molar-refractivity contribution in [1.29, 1.82) is 0 Å². The van der Waals surface area contributed by atoms with E-state index in [2.05, 4.69) is 35.1 Å². The van der Waals surface area contributed by atoms with Crippen LogP contribution in [0.4, 0.5) is 0 Å². The molecule has 0 aliphatic heterocycles. The minimum absolute atomic E-state index is 0.686. The quantitative estimate of drug-likeness (QED) is 0.692. The van der Waals surface area contributed by atoms with Crippen molar-refractivity contribution in [3.63, 3.8) is 0 Å². The van der Waals surface area contributed by atoms with Crippen molar-refractivity contribution in [1.82, 2.24) is 9.88 Å². The average Bonchev–Trinajstić information content (AvgIpc) is 2.90. The standard InChI is InChI=1S/C17H18N2OS/c1-19(11-12-20-14-7-3-2-4-8-14)13-17-18-15-9-5-6-10-16(15)21-17/h2-10H,11-13H2,1H3. The van der Waals surface area contributed by atoms with E-state index in [1.54, 1.807) is 11.3 Å². The molecule has 0 aliphatic carbocycles. The van der Waals surface area contributed by atoms with Crippen LogP contribution in [0.25, 0.3) is 10.2 Å². The Hall–Kier alpha value is -1.91. The van der Waals surface area contributed by atoms with Gasteiger partial charge in [0.05, 0.1) is 16.8 Å². The number of ether oxygens (including phenoxy) is 1. The Morgan fingerprint density at radius 1 is 1.05 bits per heavy atom. The fourth-order valence-electron chi connectivity index (χ4n) is 2.13. The monoisotopic (exact) mass is 298 g/mol. The lowest BCUT2D eigenvalue weighted by Gasteiger charge is -2.15. The average molecular weight is 298 g/mol. The van der Waals surface area contributed by atoms with Gasteiger partial charge in [-0.15, -0.1) is 11.3 Å². The van der Waals surface area contributed by atoms with Crippen molar-refractivity contribution < 1.29 is 4.74 Å². The third-order valence-corrected chi connectivity index (χ3v) is 4.25. The molecule has 108 valence electrons. The van der Waals surface area contributed by atoms with Crippen LogP contribution in [0.2, 0.25) is 0 Å². The number of likely N-dealkylation sites (N-methyl/N-ethyl adjacent to an activating group) is 1. The summed E-state index contributed by atoms with van der Waals surface area (Å²) in [6.45, 7) is 2.42. The molecule has 2 aromatic carbocycles. The number of hydrogen-bond acceptors (Lipinski definition) is 4. The molecule has 1 heterocycles. The van der Waals surface area contributed by atoms with E-state index in [0.717, 1.165) is 29.4 Å². The highest BCUT2D eigenvalue weighted by atomic mass is 32.1. The lowest BCUT2D eigenvalue weighted by atomic mass is 10.3. The first-order valence-electron chi connectivity index (χ1n) is 7.02. The Kier molecular flexibility index (Phi) is 4.48. The molecule has 0 atom stereocenters. The Balaban J connectivity index is 1.50. The second-order valence-electron chi connectivity index (χ2n) is 4.97. The summed E-state index contributed by atoms with van der Waals surface area (Å²) in [7, 11) is 2.10. The number of nitrogens with zero attached hydrogens (tertiary/aromatic N) is 2. The molecular formula is C17H18N2OS. The van der Waals surface area contributed by atoms with E-state index in [1.807, 2.05) is 36.4 Å². The predicted molar refractivity (Wildman–Crippen MR) is 87.9 cm³/mol. The van der Waals surface area contributed by atoms with Crippen LogP contribution in [0.1, 0.15) is 5.01 Å². The van der Waals surface area contributed by atoms with Crippen LogP contribution in [-0.2, 0) is 6.54 Å². The van der Waals surface area contributed by atoms with Crippen molar-refractivity contribution >= 4 is 21.6 Å². The first-order chi connectivity index (χ1) is 10.3. The van der Waals surface area contributed by atoms with E-state index in [4.69, 9.17) is 4.74 Å². The highest BCUT2D eigenvalue weighted by Crippen LogP contribution is 2.22. The molecule has 0 fully saturated rings. The molecule has 0 radical (unpaired) electrons. The summed E-state index contributed by atoms with van der Waals surface area (Å²) >= 11 is 1.76. The highest BCUT2D eigenvalue weighted by Gasteiger charge is 2.06. The summed E-state index contributed by atoms with van der Waals surface area (Å²) in [5.41, 5.74) is 1.09. The van der Waals surface area contributed by atoms with E-state index >= 15 is 0 Å². The lowest BCUT2D eigenvalue weighted by molar-refractivity contribution is 0.233. The van der Waals surface area contributed by atoms with Gasteiger partial charge in [0.15, 0.2) is 0 Å². The van der Waals surface area contributed by atoms with E-state index in [-0.39, 0.29) is 0 Å². The number of benzene rings is 2. The van der Waals surface area contributed by atoms with Crippen molar-refractivity contribution in [2.75, 3.05) is 20.2 Å². The molecule has 0 unspecified atom stereocenters. The van der Waals surface area contributed by atoms with E-state index in [9.17, 15) is 0 Å². The molecule has 0 spiro atoms. The van der Waals surface area contributed by atoms with Gasteiger partial charge in [0, 0.05) is 6.54 Å². The van der Waals surface area contributed by atoms with Crippen LogP contribution < -0.4 is 4.74 Å². The van der Waals surface area contributed by atoms with Gasteiger partial charge in [0.2, 0.25) is 0 Å². The van der Waals surface area contributed by atoms with Crippen LogP contribution in [0.15, 0.2) is 54.6 Å². The van der Waals surface area contributed by atoms with Crippen LogP contribution in [0.3, 0.4) is 0 Å². The molecule has 3 aromatic rings. The summed E-state index contributed by atoms with van der Waals surface area (Å²) in [6, 6.07) is 18.2. The number of thiazole rings is 1. The molecule has 0 aliphatic rings. The zero-order valence-electron chi connectivity index (χ0n) is 12.0. The molecule has 3 nitrogen and oxygen atoms in total. The Morgan fingerprint density at radius 3 is 2.62 bits per heavy atom. The first kappa shape index (κ1) is 14.0. The van der Waals surface area contributed by atoms with Crippen LogP contribution in [0.5, 0.6) is 5.75 Å².